The summed E-state index contributed by atoms with van der Waals surface area (Å²) >= 11 is 0. The lowest BCUT2D eigenvalue weighted by atomic mass is 9.93. The van der Waals surface area contributed by atoms with Crippen molar-refractivity contribution in [3.05, 3.63) is 12.7 Å². The van der Waals surface area contributed by atoms with Crippen LogP contribution in [0.2, 0.25) is 0 Å². The van der Waals surface area contributed by atoms with Crippen LogP contribution >= 0.6 is 0 Å². The first-order valence-corrected chi connectivity index (χ1v) is 8.41. The fourth-order valence-corrected chi connectivity index (χ4v) is 2.19. The van der Waals surface area contributed by atoms with Crippen LogP contribution in [0.5, 0.6) is 0 Å². The summed E-state index contributed by atoms with van der Waals surface area (Å²) in [5.41, 5.74) is -0.612. The molecule has 1 amide bonds. The summed E-state index contributed by atoms with van der Waals surface area (Å²) in [6, 6.07) is -0.491. The van der Waals surface area contributed by atoms with E-state index in [1.807, 2.05) is 13.8 Å². The molecule has 0 radical (unpaired) electrons. The van der Waals surface area contributed by atoms with Crippen molar-refractivity contribution in [2.24, 2.45) is 11.8 Å². The molecule has 0 aromatic rings. The van der Waals surface area contributed by atoms with Crippen molar-refractivity contribution in [2.75, 3.05) is 6.61 Å². The zero-order valence-corrected chi connectivity index (χ0v) is 15.8. The van der Waals surface area contributed by atoms with Crippen LogP contribution in [0, 0.1) is 11.8 Å². The lowest BCUT2D eigenvalue weighted by Crippen LogP contribution is -2.47. The van der Waals surface area contributed by atoms with Crippen LogP contribution in [-0.2, 0) is 14.3 Å². The van der Waals surface area contributed by atoms with Gasteiger partial charge in [0.2, 0.25) is 0 Å². The van der Waals surface area contributed by atoms with Crippen LogP contribution in [0.4, 0.5) is 4.79 Å². The summed E-state index contributed by atoms with van der Waals surface area (Å²) in [7, 11) is 0. The number of rotatable bonds is 9. The fourth-order valence-electron chi connectivity index (χ4n) is 2.19. The quantitative estimate of drug-likeness (QED) is 0.496. The molecule has 24 heavy (non-hydrogen) atoms. The lowest BCUT2D eigenvalue weighted by Gasteiger charge is -2.28. The molecule has 2 N–H and O–H groups in total. The number of nitrogens with one attached hydrogen (secondary N) is 1. The van der Waals surface area contributed by atoms with Crippen LogP contribution in [0.1, 0.15) is 54.4 Å². The maximum Gasteiger partial charge on any atom is 0.407 e. The third-order valence-corrected chi connectivity index (χ3v) is 3.23. The first kappa shape index (κ1) is 22.4. The molecule has 0 bridgehead atoms. The number of hydrogen-bond donors (Lipinski definition) is 2. The van der Waals surface area contributed by atoms with E-state index in [9.17, 15) is 14.7 Å². The van der Waals surface area contributed by atoms with E-state index >= 15 is 0 Å². The Morgan fingerprint density at radius 1 is 1.21 bits per heavy atom. The highest BCUT2D eigenvalue weighted by Gasteiger charge is 2.28. The van der Waals surface area contributed by atoms with E-state index in [1.54, 1.807) is 27.7 Å². The monoisotopic (exact) mass is 343 g/mol. The Bertz CT molecular complexity index is 414. The Hall–Kier alpha value is -1.56. The highest BCUT2D eigenvalue weighted by molar-refractivity contribution is 5.72. The van der Waals surface area contributed by atoms with E-state index < -0.39 is 35.7 Å². The van der Waals surface area contributed by atoms with Gasteiger partial charge in [0.1, 0.15) is 12.2 Å². The van der Waals surface area contributed by atoms with Gasteiger partial charge in [-0.25, -0.2) is 4.79 Å². The topological polar surface area (TPSA) is 84.9 Å². The molecule has 0 unspecified atom stereocenters. The maximum absolute atomic E-state index is 12.0. The molecule has 0 heterocycles. The molecule has 0 fully saturated rings. The molecule has 6 nitrogen and oxygen atoms in total. The van der Waals surface area contributed by atoms with Crippen molar-refractivity contribution in [3.8, 4) is 0 Å². The van der Waals surface area contributed by atoms with E-state index in [0.717, 1.165) is 0 Å². The third kappa shape index (κ3) is 10.3. The number of aliphatic hydroxyl groups is 1. The fraction of sp³-hybridized carbons (Fsp3) is 0.778. The molecule has 0 aromatic carbocycles. The second-order valence-electron chi connectivity index (χ2n) is 7.51. The minimum Gasteiger partial charge on any atom is -0.461 e. The Morgan fingerprint density at radius 3 is 2.25 bits per heavy atom. The van der Waals surface area contributed by atoms with Crippen LogP contribution < -0.4 is 5.32 Å². The van der Waals surface area contributed by atoms with Gasteiger partial charge in [-0.3, -0.25) is 4.79 Å². The zero-order valence-electron chi connectivity index (χ0n) is 15.8. The third-order valence-electron chi connectivity index (χ3n) is 3.23. The van der Waals surface area contributed by atoms with Crippen molar-refractivity contribution < 1.29 is 24.2 Å². The molecule has 140 valence electrons. The Kier molecular flexibility index (Phi) is 9.66. The number of hydrogen-bond acceptors (Lipinski definition) is 5. The number of aliphatic hydroxyl groups excluding tert-OH is 1. The Morgan fingerprint density at radius 2 is 1.79 bits per heavy atom. The standard InChI is InChI=1S/C18H33NO5/c1-8-9-23-16(21)13(4)11-15(20)14(10-12(2)3)19-17(22)24-18(5,6)7/h8,12-15,20H,1,9-11H2,2-7H3,(H,19,22)/t13-,14+,15+/m1/s1. The second-order valence-corrected chi connectivity index (χ2v) is 7.51. The summed E-state index contributed by atoms with van der Waals surface area (Å²) in [6.45, 7) is 14.6. The minimum absolute atomic E-state index is 0.144. The predicted octanol–water partition coefficient (Wildman–Crippen LogP) is 3.04. The second kappa shape index (κ2) is 10.3. The average molecular weight is 343 g/mol. The van der Waals surface area contributed by atoms with E-state index in [4.69, 9.17) is 9.47 Å². The van der Waals surface area contributed by atoms with Crippen molar-refractivity contribution in [1.29, 1.82) is 0 Å². The smallest absolute Gasteiger partial charge is 0.407 e. The molecular formula is C18H33NO5. The molecule has 0 saturated carbocycles. The highest BCUT2D eigenvalue weighted by atomic mass is 16.6. The van der Waals surface area contributed by atoms with E-state index in [2.05, 4.69) is 11.9 Å². The molecular weight excluding hydrogens is 310 g/mol. The maximum atomic E-state index is 12.0. The van der Waals surface area contributed by atoms with Gasteiger partial charge in [0.25, 0.3) is 0 Å². The van der Waals surface area contributed by atoms with Crippen LogP contribution in [0.15, 0.2) is 12.7 Å². The first-order chi connectivity index (χ1) is 11.0. The molecule has 0 spiro atoms. The van der Waals surface area contributed by atoms with E-state index in [0.29, 0.717) is 6.42 Å². The molecule has 0 aliphatic heterocycles. The molecule has 0 rings (SSSR count). The van der Waals surface area contributed by atoms with Gasteiger partial charge < -0.3 is 19.9 Å². The number of amides is 1. The Labute approximate surface area is 145 Å². The summed E-state index contributed by atoms with van der Waals surface area (Å²) in [5.74, 6) is -0.604. The largest absolute Gasteiger partial charge is 0.461 e. The lowest BCUT2D eigenvalue weighted by molar-refractivity contribution is -0.147. The molecule has 3 atom stereocenters. The number of carbonyl (C=O) groups excluding carboxylic acids is 2. The van der Waals surface area contributed by atoms with Crippen LogP contribution in [-0.4, -0.2) is 41.5 Å². The first-order valence-electron chi connectivity index (χ1n) is 8.41. The van der Waals surface area contributed by atoms with Crippen molar-refractivity contribution in [3.63, 3.8) is 0 Å². The number of ether oxygens (including phenoxy) is 2. The molecule has 0 saturated heterocycles. The zero-order chi connectivity index (χ0) is 18.9. The number of carbonyl (C=O) groups is 2. The van der Waals surface area contributed by atoms with Gasteiger partial charge in [0.15, 0.2) is 0 Å². The van der Waals surface area contributed by atoms with Gasteiger partial charge >= 0.3 is 12.1 Å². The summed E-state index contributed by atoms with van der Waals surface area (Å²) < 4.78 is 10.2. The van der Waals surface area contributed by atoms with Gasteiger partial charge in [0.05, 0.1) is 18.1 Å². The Balaban J connectivity index is 4.75. The predicted molar refractivity (Wildman–Crippen MR) is 93.6 cm³/mol. The highest BCUT2D eigenvalue weighted by Crippen LogP contribution is 2.17. The molecule has 0 aliphatic carbocycles. The summed E-state index contributed by atoms with van der Waals surface area (Å²) in [5, 5.41) is 13.2. The summed E-state index contributed by atoms with van der Waals surface area (Å²) in [6.07, 6.45) is 0.824. The molecule has 0 aromatic heterocycles. The van der Waals surface area contributed by atoms with Gasteiger partial charge in [-0.2, -0.15) is 0 Å². The van der Waals surface area contributed by atoms with Gasteiger partial charge in [0, 0.05) is 0 Å². The molecule has 0 aliphatic rings. The van der Waals surface area contributed by atoms with Crippen LogP contribution in [0.3, 0.4) is 0 Å². The van der Waals surface area contributed by atoms with E-state index in [-0.39, 0.29) is 18.9 Å². The van der Waals surface area contributed by atoms with Gasteiger partial charge in [-0.05, 0) is 39.5 Å². The van der Waals surface area contributed by atoms with Crippen LogP contribution in [0.25, 0.3) is 0 Å². The summed E-state index contributed by atoms with van der Waals surface area (Å²) in [4.78, 5) is 23.8. The van der Waals surface area contributed by atoms with Crippen molar-refractivity contribution in [2.45, 2.75) is 72.1 Å². The van der Waals surface area contributed by atoms with Crippen molar-refractivity contribution in [1.82, 2.24) is 5.32 Å². The van der Waals surface area contributed by atoms with Gasteiger partial charge in [-0.15, -0.1) is 0 Å². The average Bonchev–Trinajstić information content (AvgIpc) is 2.41. The number of alkyl carbamates (subject to hydrolysis) is 1. The van der Waals surface area contributed by atoms with Gasteiger partial charge in [-0.1, -0.05) is 33.4 Å². The molecule has 6 heteroatoms. The van der Waals surface area contributed by atoms with E-state index in [1.165, 1.54) is 6.08 Å². The normalized spacial score (nSPS) is 15.3. The number of esters is 1. The van der Waals surface area contributed by atoms with Crippen molar-refractivity contribution >= 4 is 12.1 Å². The minimum atomic E-state index is -0.869. The SMILES string of the molecule is C=CCOC(=O)[C@H](C)C[C@H](O)[C@H](CC(C)C)NC(=O)OC(C)(C)C.